The van der Waals surface area contributed by atoms with Crippen molar-refractivity contribution >= 4 is 5.65 Å². The summed E-state index contributed by atoms with van der Waals surface area (Å²) in [7, 11) is 0. The summed E-state index contributed by atoms with van der Waals surface area (Å²) in [5, 5.41) is 18.3. The highest BCUT2D eigenvalue weighted by molar-refractivity contribution is 5.61. The van der Waals surface area contributed by atoms with Crippen molar-refractivity contribution in [3.8, 4) is 17.0 Å². The van der Waals surface area contributed by atoms with E-state index >= 15 is 0 Å². The molecule has 0 unspecified atom stereocenters. The van der Waals surface area contributed by atoms with Gasteiger partial charge in [0.25, 0.3) is 0 Å². The second-order valence-corrected chi connectivity index (χ2v) is 7.75. The Morgan fingerprint density at radius 3 is 2.55 bits per heavy atom. The Bertz CT molecular complexity index is 1130. The molecule has 0 saturated carbocycles. The number of aromatic hydroxyl groups is 1. The van der Waals surface area contributed by atoms with E-state index in [9.17, 15) is 5.11 Å². The Morgan fingerprint density at radius 1 is 1.03 bits per heavy atom. The van der Waals surface area contributed by atoms with E-state index in [0.29, 0.717) is 5.75 Å². The van der Waals surface area contributed by atoms with E-state index in [-0.39, 0.29) is 5.92 Å². The zero-order chi connectivity index (χ0) is 20.4. The van der Waals surface area contributed by atoms with Crippen molar-refractivity contribution in [3.63, 3.8) is 0 Å². The lowest BCUT2D eigenvalue weighted by atomic mass is 10.1. The minimum absolute atomic E-state index is 0.265. The summed E-state index contributed by atoms with van der Waals surface area (Å²) in [6, 6.07) is 9.47. The number of aryl methyl sites for hydroxylation is 3. The van der Waals surface area contributed by atoms with Gasteiger partial charge in [-0.15, -0.1) is 10.2 Å². The van der Waals surface area contributed by atoms with Gasteiger partial charge in [-0.3, -0.25) is 9.38 Å². The summed E-state index contributed by atoms with van der Waals surface area (Å²) < 4.78 is 2.07. The van der Waals surface area contributed by atoms with E-state index in [1.807, 2.05) is 37.6 Å². The number of rotatable bonds is 6. The second kappa shape index (κ2) is 7.99. The smallest absolute Gasteiger partial charge is 0.182 e. The van der Waals surface area contributed by atoms with Gasteiger partial charge in [-0.2, -0.15) is 0 Å². The second-order valence-electron chi connectivity index (χ2n) is 7.75. The van der Waals surface area contributed by atoms with Gasteiger partial charge in [0.05, 0.1) is 11.4 Å². The van der Waals surface area contributed by atoms with Crippen molar-refractivity contribution in [1.29, 1.82) is 0 Å². The third-order valence-electron chi connectivity index (χ3n) is 4.99. The van der Waals surface area contributed by atoms with Crippen molar-refractivity contribution in [3.05, 3.63) is 71.6 Å². The molecule has 0 aliphatic heterocycles. The van der Waals surface area contributed by atoms with E-state index in [1.165, 1.54) is 5.56 Å². The number of pyridine rings is 1. The van der Waals surface area contributed by atoms with Gasteiger partial charge < -0.3 is 5.11 Å². The van der Waals surface area contributed by atoms with Crippen LogP contribution in [-0.2, 0) is 12.8 Å². The van der Waals surface area contributed by atoms with Crippen LogP contribution in [0.3, 0.4) is 0 Å². The van der Waals surface area contributed by atoms with E-state index < -0.39 is 0 Å². The van der Waals surface area contributed by atoms with Gasteiger partial charge in [-0.05, 0) is 55.5 Å². The van der Waals surface area contributed by atoms with Crippen LogP contribution in [0.1, 0.15) is 48.8 Å². The first-order valence-corrected chi connectivity index (χ1v) is 9.96. The molecule has 6 nitrogen and oxygen atoms in total. The maximum atomic E-state index is 9.45. The van der Waals surface area contributed by atoms with Crippen LogP contribution >= 0.6 is 0 Å². The van der Waals surface area contributed by atoms with Crippen LogP contribution in [0.4, 0.5) is 0 Å². The Hall–Kier alpha value is -3.28. The van der Waals surface area contributed by atoms with E-state index in [0.717, 1.165) is 53.2 Å². The lowest BCUT2D eigenvalue weighted by Crippen LogP contribution is -2.04. The third-order valence-corrected chi connectivity index (χ3v) is 4.99. The average molecular weight is 387 g/mol. The van der Waals surface area contributed by atoms with Gasteiger partial charge in [0, 0.05) is 30.1 Å². The molecular formula is C23H25N5O. The Kier molecular flexibility index (Phi) is 5.25. The van der Waals surface area contributed by atoms with Crippen LogP contribution in [-0.4, -0.2) is 29.7 Å². The van der Waals surface area contributed by atoms with Crippen molar-refractivity contribution in [2.75, 3.05) is 0 Å². The molecule has 4 aromatic rings. The van der Waals surface area contributed by atoms with Crippen molar-refractivity contribution < 1.29 is 5.11 Å². The molecule has 148 valence electrons. The summed E-state index contributed by atoms with van der Waals surface area (Å²) in [6.07, 6.45) is 8.36. The fourth-order valence-corrected chi connectivity index (χ4v) is 3.49. The van der Waals surface area contributed by atoms with Crippen molar-refractivity contribution in [2.24, 2.45) is 0 Å². The number of fused-ring (bicyclic) bond motifs is 1. The topological polar surface area (TPSA) is 76.2 Å². The number of nitrogens with zero attached hydrogens (tertiary/aromatic N) is 5. The van der Waals surface area contributed by atoms with Gasteiger partial charge in [0.1, 0.15) is 11.6 Å². The van der Waals surface area contributed by atoms with Gasteiger partial charge in [0.2, 0.25) is 0 Å². The van der Waals surface area contributed by atoms with Crippen LogP contribution < -0.4 is 0 Å². The summed E-state index contributed by atoms with van der Waals surface area (Å²) >= 11 is 0. The molecule has 3 heterocycles. The monoisotopic (exact) mass is 387 g/mol. The van der Waals surface area contributed by atoms with Crippen molar-refractivity contribution in [1.82, 2.24) is 24.6 Å². The highest BCUT2D eigenvalue weighted by Gasteiger charge is 2.16. The van der Waals surface area contributed by atoms with Crippen molar-refractivity contribution in [2.45, 2.75) is 46.0 Å². The summed E-state index contributed by atoms with van der Waals surface area (Å²) in [5.74, 6) is 1.49. The molecule has 0 aliphatic rings. The van der Waals surface area contributed by atoms with Crippen LogP contribution in [0.5, 0.6) is 5.75 Å². The first-order valence-electron chi connectivity index (χ1n) is 9.96. The number of phenols is 1. The molecule has 0 bridgehead atoms. The number of hydrogen-bond acceptors (Lipinski definition) is 5. The predicted molar refractivity (Wildman–Crippen MR) is 113 cm³/mol. The molecule has 0 aliphatic carbocycles. The molecule has 1 aromatic carbocycles. The Morgan fingerprint density at radius 2 is 1.83 bits per heavy atom. The molecule has 4 rings (SSSR count). The molecule has 0 radical (unpaired) electrons. The fourth-order valence-electron chi connectivity index (χ4n) is 3.49. The largest absolute Gasteiger partial charge is 0.508 e. The summed E-state index contributed by atoms with van der Waals surface area (Å²) in [5.41, 5.74) is 5.95. The lowest BCUT2D eigenvalue weighted by molar-refractivity contribution is 0.475. The molecule has 0 amide bonds. The Labute approximate surface area is 170 Å². The zero-order valence-electron chi connectivity index (χ0n) is 17.0. The summed E-state index contributed by atoms with van der Waals surface area (Å²) in [6.45, 7) is 6.27. The first kappa shape index (κ1) is 19.1. The molecule has 29 heavy (non-hydrogen) atoms. The maximum absolute atomic E-state index is 9.45. The fraction of sp³-hybridized carbons (Fsp3) is 0.304. The quantitative estimate of drug-likeness (QED) is 0.527. The SMILES string of the molecule is Cc1cncc(-c2cn3c(C(C)C)nnc3c(CCCc3ccc(O)cc3)n2)c1. The molecule has 0 atom stereocenters. The molecular weight excluding hydrogens is 362 g/mol. The number of hydrogen-bond donors (Lipinski definition) is 1. The van der Waals surface area contributed by atoms with E-state index in [2.05, 4.69) is 39.5 Å². The van der Waals surface area contributed by atoms with Gasteiger partial charge in [-0.25, -0.2) is 4.98 Å². The molecule has 0 saturated heterocycles. The predicted octanol–water partition coefficient (Wildman–Crippen LogP) is 4.50. The zero-order valence-corrected chi connectivity index (χ0v) is 17.0. The minimum Gasteiger partial charge on any atom is -0.508 e. The molecule has 3 aromatic heterocycles. The van der Waals surface area contributed by atoms with Gasteiger partial charge in [0.15, 0.2) is 5.65 Å². The highest BCUT2D eigenvalue weighted by atomic mass is 16.3. The number of aromatic nitrogens is 5. The number of benzene rings is 1. The molecule has 0 spiro atoms. The van der Waals surface area contributed by atoms with Crippen LogP contribution in [0.2, 0.25) is 0 Å². The lowest BCUT2D eigenvalue weighted by Gasteiger charge is -2.10. The van der Waals surface area contributed by atoms with E-state index in [1.54, 1.807) is 12.1 Å². The number of phenolic OH excluding ortho intramolecular Hbond substituents is 1. The van der Waals surface area contributed by atoms with Crippen LogP contribution in [0.15, 0.2) is 48.9 Å². The first-order chi connectivity index (χ1) is 14.0. The highest BCUT2D eigenvalue weighted by Crippen LogP contribution is 2.23. The summed E-state index contributed by atoms with van der Waals surface area (Å²) in [4.78, 5) is 9.25. The standard InChI is InChI=1S/C23H25N5O/c1-15(2)22-26-27-23-20(6-4-5-17-7-9-19(29)10-8-17)25-21(14-28(22)23)18-11-16(3)12-24-13-18/h7-15,29H,4-6H2,1-3H3. The minimum atomic E-state index is 0.265. The molecule has 1 N–H and O–H groups in total. The average Bonchev–Trinajstić information content (AvgIpc) is 3.14. The van der Waals surface area contributed by atoms with Crippen LogP contribution in [0.25, 0.3) is 16.9 Å². The van der Waals surface area contributed by atoms with Crippen LogP contribution in [0, 0.1) is 6.92 Å². The normalized spacial score (nSPS) is 11.4. The Balaban J connectivity index is 1.68. The van der Waals surface area contributed by atoms with Gasteiger partial charge >= 0.3 is 0 Å². The molecule has 6 heteroatoms. The van der Waals surface area contributed by atoms with Gasteiger partial charge in [-0.1, -0.05) is 26.0 Å². The maximum Gasteiger partial charge on any atom is 0.182 e. The van der Waals surface area contributed by atoms with E-state index in [4.69, 9.17) is 4.98 Å². The molecule has 0 fully saturated rings. The third kappa shape index (κ3) is 4.11.